The van der Waals surface area contributed by atoms with Crippen LogP contribution in [0.3, 0.4) is 0 Å². The number of aromatic nitrogens is 2. The molecule has 2 heterocycles. The van der Waals surface area contributed by atoms with Gasteiger partial charge >= 0.3 is 0 Å². The van der Waals surface area contributed by atoms with E-state index in [0.29, 0.717) is 11.5 Å². The second-order valence-electron chi connectivity index (χ2n) is 8.49. The molecule has 1 aliphatic heterocycles. The van der Waals surface area contributed by atoms with Gasteiger partial charge in [0.25, 0.3) is 5.56 Å². The van der Waals surface area contributed by atoms with Gasteiger partial charge in [0.15, 0.2) is 0 Å². The van der Waals surface area contributed by atoms with Crippen LogP contribution in [0.2, 0.25) is 0 Å². The molecule has 4 rings (SSSR count). The zero-order valence-corrected chi connectivity index (χ0v) is 19.6. The number of hydrogen-bond acceptors (Lipinski definition) is 6. The zero-order chi connectivity index (χ0) is 22.2. The summed E-state index contributed by atoms with van der Waals surface area (Å²) in [7, 11) is 0. The molecule has 2 aliphatic rings. The minimum atomic E-state index is -0.0879. The first-order valence-electron chi connectivity index (χ1n) is 11.6. The van der Waals surface area contributed by atoms with Gasteiger partial charge in [-0.3, -0.25) is 9.52 Å². The van der Waals surface area contributed by atoms with Crippen LogP contribution in [0.5, 0.6) is 0 Å². The molecular weight excluding hydrogens is 418 g/mol. The van der Waals surface area contributed by atoms with Crippen LogP contribution in [0.1, 0.15) is 37.7 Å². The third-order valence-corrected chi connectivity index (χ3v) is 6.88. The number of allylic oxidation sites excluding steroid dienone is 3. The van der Waals surface area contributed by atoms with Crippen LogP contribution in [0, 0.1) is 12.8 Å². The monoisotopic (exact) mass is 451 g/mol. The molecule has 0 radical (unpaired) electrons. The number of rotatable bonds is 9. The van der Waals surface area contributed by atoms with Crippen molar-refractivity contribution in [2.75, 3.05) is 31.5 Å². The van der Waals surface area contributed by atoms with Gasteiger partial charge in [-0.05, 0) is 94.2 Å². The van der Waals surface area contributed by atoms with Crippen LogP contribution in [-0.4, -0.2) is 36.0 Å². The number of piperidine rings is 1. The molecule has 1 aliphatic carbocycles. The van der Waals surface area contributed by atoms with E-state index in [1.807, 2.05) is 31.2 Å². The van der Waals surface area contributed by atoms with Crippen molar-refractivity contribution in [3.63, 3.8) is 0 Å². The Labute approximate surface area is 194 Å². The minimum absolute atomic E-state index is 0.0879. The lowest BCUT2D eigenvalue weighted by Crippen LogP contribution is -2.34. The molecule has 1 aromatic heterocycles. The summed E-state index contributed by atoms with van der Waals surface area (Å²) in [5.74, 6) is 0.698. The summed E-state index contributed by atoms with van der Waals surface area (Å²) in [5.41, 5.74) is 3.54. The van der Waals surface area contributed by atoms with Crippen molar-refractivity contribution in [1.29, 1.82) is 0 Å². The highest BCUT2D eigenvalue weighted by Crippen LogP contribution is 2.19. The van der Waals surface area contributed by atoms with E-state index in [1.165, 1.54) is 23.1 Å². The Morgan fingerprint density at radius 1 is 1.25 bits per heavy atom. The SMILES string of the molecule is Cc1c(NCCC2=CCCC=C2)cnn(-c2ccc(SNCC3CCCNC3)cc2)c1=O. The summed E-state index contributed by atoms with van der Waals surface area (Å²) in [5, 5.41) is 11.2. The molecule has 1 saturated heterocycles. The first-order chi connectivity index (χ1) is 15.7. The molecule has 1 atom stereocenters. The Morgan fingerprint density at radius 3 is 2.88 bits per heavy atom. The fourth-order valence-corrected chi connectivity index (χ4v) is 4.85. The van der Waals surface area contributed by atoms with Gasteiger partial charge in [-0.15, -0.1) is 0 Å². The van der Waals surface area contributed by atoms with Crippen LogP contribution in [0.4, 0.5) is 5.69 Å². The third kappa shape index (κ3) is 6.12. The van der Waals surface area contributed by atoms with Crippen molar-refractivity contribution in [1.82, 2.24) is 19.8 Å². The molecule has 2 aromatic rings. The predicted molar refractivity (Wildman–Crippen MR) is 134 cm³/mol. The van der Waals surface area contributed by atoms with Gasteiger partial charge in [0.2, 0.25) is 0 Å². The molecule has 7 heteroatoms. The smallest absolute Gasteiger partial charge is 0.276 e. The highest BCUT2D eigenvalue weighted by Gasteiger charge is 2.13. The van der Waals surface area contributed by atoms with E-state index in [2.05, 4.69) is 38.7 Å². The normalized spacial score (nSPS) is 18.4. The van der Waals surface area contributed by atoms with Crippen LogP contribution < -0.4 is 20.9 Å². The Morgan fingerprint density at radius 2 is 2.12 bits per heavy atom. The van der Waals surface area contributed by atoms with E-state index in [-0.39, 0.29) is 5.56 Å². The number of nitrogens with one attached hydrogen (secondary N) is 3. The minimum Gasteiger partial charge on any atom is -0.383 e. The molecular formula is C25H33N5OS. The van der Waals surface area contributed by atoms with Gasteiger partial charge in [0, 0.05) is 23.5 Å². The second kappa shape index (κ2) is 11.5. The number of hydrogen-bond donors (Lipinski definition) is 3. The lowest BCUT2D eigenvalue weighted by molar-refractivity contribution is 0.379. The third-order valence-electron chi connectivity index (χ3n) is 6.06. The second-order valence-corrected chi connectivity index (χ2v) is 9.46. The Kier molecular flexibility index (Phi) is 8.20. The predicted octanol–water partition coefficient (Wildman–Crippen LogP) is 4.22. The van der Waals surface area contributed by atoms with Crippen molar-refractivity contribution in [2.24, 2.45) is 5.92 Å². The highest BCUT2D eigenvalue weighted by molar-refractivity contribution is 7.97. The number of benzene rings is 1. The zero-order valence-electron chi connectivity index (χ0n) is 18.8. The van der Waals surface area contributed by atoms with E-state index in [9.17, 15) is 4.79 Å². The van der Waals surface area contributed by atoms with E-state index < -0.39 is 0 Å². The van der Waals surface area contributed by atoms with Gasteiger partial charge in [-0.1, -0.05) is 23.8 Å². The maximum atomic E-state index is 12.9. The lowest BCUT2D eigenvalue weighted by Gasteiger charge is -2.22. The van der Waals surface area contributed by atoms with Gasteiger partial charge in [-0.2, -0.15) is 9.78 Å². The summed E-state index contributed by atoms with van der Waals surface area (Å²) in [4.78, 5) is 14.0. The van der Waals surface area contributed by atoms with Gasteiger partial charge in [-0.25, -0.2) is 0 Å². The molecule has 0 spiro atoms. The van der Waals surface area contributed by atoms with E-state index in [1.54, 1.807) is 18.1 Å². The molecule has 0 amide bonds. The molecule has 170 valence electrons. The van der Waals surface area contributed by atoms with E-state index in [0.717, 1.165) is 61.7 Å². The summed E-state index contributed by atoms with van der Waals surface area (Å²) in [6.45, 7) is 5.89. The summed E-state index contributed by atoms with van der Waals surface area (Å²) >= 11 is 1.64. The summed E-state index contributed by atoms with van der Waals surface area (Å²) in [6.07, 6.45) is 14.2. The lowest BCUT2D eigenvalue weighted by atomic mass is 10.0. The molecule has 32 heavy (non-hydrogen) atoms. The molecule has 1 fully saturated rings. The maximum Gasteiger partial charge on any atom is 0.276 e. The van der Waals surface area contributed by atoms with Gasteiger partial charge in [0.1, 0.15) is 0 Å². The number of anilines is 1. The largest absolute Gasteiger partial charge is 0.383 e. The standard InChI is InChI=1S/C25H33N5OS/c1-19-24(27-15-13-20-6-3-2-4-7-20)18-28-30(25(19)31)22-9-11-23(12-10-22)32-29-17-21-8-5-14-26-16-21/h3,6-7,9-12,18,21,26-27,29H,2,4-5,8,13-17H2,1H3. The fourth-order valence-electron chi connectivity index (χ4n) is 4.09. The molecule has 0 saturated carbocycles. The van der Waals surface area contributed by atoms with Crippen molar-refractivity contribution in [3.05, 3.63) is 70.2 Å². The first-order valence-corrected chi connectivity index (χ1v) is 12.4. The molecule has 1 unspecified atom stereocenters. The molecule has 3 N–H and O–H groups in total. The van der Waals surface area contributed by atoms with Crippen LogP contribution in [0.15, 0.2) is 64.0 Å². The molecule has 1 aromatic carbocycles. The molecule has 6 nitrogen and oxygen atoms in total. The topological polar surface area (TPSA) is 71.0 Å². The van der Waals surface area contributed by atoms with Crippen molar-refractivity contribution >= 4 is 17.6 Å². The average Bonchev–Trinajstić information content (AvgIpc) is 2.84. The Balaban J connectivity index is 1.32. The maximum absolute atomic E-state index is 12.9. The van der Waals surface area contributed by atoms with Crippen molar-refractivity contribution < 1.29 is 0 Å². The Bertz CT molecular complexity index is 1010. The van der Waals surface area contributed by atoms with Crippen LogP contribution in [-0.2, 0) is 0 Å². The molecule has 0 bridgehead atoms. The number of nitrogens with zero attached hydrogens (tertiary/aromatic N) is 2. The van der Waals surface area contributed by atoms with Crippen LogP contribution >= 0.6 is 11.9 Å². The van der Waals surface area contributed by atoms with E-state index in [4.69, 9.17) is 0 Å². The Hall–Kier alpha value is -2.35. The first kappa shape index (κ1) is 22.8. The average molecular weight is 452 g/mol. The quantitative estimate of drug-likeness (QED) is 0.496. The van der Waals surface area contributed by atoms with Gasteiger partial charge < -0.3 is 10.6 Å². The van der Waals surface area contributed by atoms with Crippen molar-refractivity contribution in [2.45, 2.75) is 43.9 Å². The fraction of sp³-hybridized carbons (Fsp3) is 0.440. The van der Waals surface area contributed by atoms with Gasteiger partial charge in [0.05, 0.1) is 17.6 Å². The summed E-state index contributed by atoms with van der Waals surface area (Å²) in [6, 6.07) is 7.98. The van der Waals surface area contributed by atoms with E-state index >= 15 is 0 Å². The van der Waals surface area contributed by atoms with Crippen LogP contribution in [0.25, 0.3) is 5.69 Å². The summed E-state index contributed by atoms with van der Waals surface area (Å²) < 4.78 is 4.95. The van der Waals surface area contributed by atoms with Crippen molar-refractivity contribution in [3.8, 4) is 5.69 Å². The highest BCUT2D eigenvalue weighted by atomic mass is 32.2.